The smallest absolute Gasteiger partial charge is 0.378 e. The van der Waals surface area contributed by atoms with Crippen molar-refractivity contribution in [3.8, 4) is 0 Å². The molecule has 3 N–H and O–H groups in total. The van der Waals surface area contributed by atoms with Crippen LogP contribution in [0.2, 0.25) is 0 Å². The Bertz CT molecular complexity index is 865. The molecule has 1 saturated heterocycles. The highest BCUT2D eigenvalue weighted by Gasteiger charge is 2.30. The van der Waals surface area contributed by atoms with Gasteiger partial charge in [0.25, 0.3) is 5.91 Å². The molecule has 0 radical (unpaired) electrons. The van der Waals surface area contributed by atoms with Crippen LogP contribution < -0.4 is 16.0 Å². The van der Waals surface area contributed by atoms with Gasteiger partial charge in [0.15, 0.2) is 0 Å². The van der Waals surface area contributed by atoms with Gasteiger partial charge in [0.2, 0.25) is 5.91 Å². The van der Waals surface area contributed by atoms with Gasteiger partial charge in [0.05, 0.1) is 18.8 Å². The van der Waals surface area contributed by atoms with Gasteiger partial charge in [0.1, 0.15) is 6.04 Å². The highest BCUT2D eigenvalue weighted by atomic mass is 19.4. The molecule has 0 aromatic heterocycles. The molecule has 0 aliphatic carbocycles. The highest BCUT2D eigenvalue weighted by molar-refractivity contribution is 6.05. The van der Waals surface area contributed by atoms with Crippen LogP contribution in [0, 0.1) is 0 Å². The molecule has 28 heavy (non-hydrogen) atoms. The summed E-state index contributed by atoms with van der Waals surface area (Å²) in [6, 6.07) is 10.0. The number of benzene rings is 2. The number of alkyl halides is 3. The molecular weight excluding hydrogens is 375 g/mol. The van der Waals surface area contributed by atoms with Gasteiger partial charge in [-0.2, -0.15) is 13.2 Å². The summed E-state index contributed by atoms with van der Waals surface area (Å²) in [6.07, 6.45) is -4.53. The summed E-state index contributed by atoms with van der Waals surface area (Å²) < 4.78 is 43.6. The molecule has 1 unspecified atom stereocenters. The molecule has 0 spiro atoms. The van der Waals surface area contributed by atoms with Crippen molar-refractivity contribution >= 4 is 23.2 Å². The molecule has 1 aliphatic heterocycles. The summed E-state index contributed by atoms with van der Waals surface area (Å²) in [5, 5.41) is 8.27. The molecular formula is C19H18F3N3O3. The second-order valence-corrected chi connectivity index (χ2v) is 6.18. The largest absolute Gasteiger partial charge is 0.416 e. The van der Waals surface area contributed by atoms with E-state index in [0.717, 1.165) is 12.1 Å². The molecule has 1 aliphatic rings. The zero-order valence-corrected chi connectivity index (χ0v) is 14.7. The number of morpholine rings is 1. The molecule has 148 valence electrons. The Hall–Kier alpha value is -2.91. The standard InChI is InChI=1S/C19H18F3N3O3/c20-19(21,22)13-4-1-3-12(9-13)17(26)24-14-5-2-6-15(10-14)25-18(27)16-11-28-8-7-23-16/h1-6,9-10,16,23H,7-8,11H2,(H,24,26)(H,25,27). The number of nitrogens with one attached hydrogen (secondary N) is 3. The molecule has 1 heterocycles. The number of amides is 2. The quantitative estimate of drug-likeness (QED) is 0.746. The fourth-order valence-corrected chi connectivity index (χ4v) is 2.68. The van der Waals surface area contributed by atoms with E-state index >= 15 is 0 Å². The van der Waals surface area contributed by atoms with Crippen LogP contribution in [0.3, 0.4) is 0 Å². The predicted octanol–water partition coefficient (Wildman–Crippen LogP) is 2.88. The second kappa shape index (κ2) is 8.41. The average Bonchev–Trinajstić information content (AvgIpc) is 2.68. The van der Waals surface area contributed by atoms with E-state index in [9.17, 15) is 22.8 Å². The van der Waals surface area contributed by atoms with Crippen LogP contribution in [0.1, 0.15) is 15.9 Å². The molecule has 2 aromatic carbocycles. The molecule has 1 fully saturated rings. The summed E-state index contributed by atoms with van der Waals surface area (Å²) >= 11 is 0. The topological polar surface area (TPSA) is 79.5 Å². The average molecular weight is 393 g/mol. The van der Waals surface area contributed by atoms with E-state index in [4.69, 9.17) is 4.74 Å². The van der Waals surface area contributed by atoms with E-state index < -0.39 is 23.7 Å². The van der Waals surface area contributed by atoms with Gasteiger partial charge in [-0.15, -0.1) is 0 Å². The van der Waals surface area contributed by atoms with Crippen LogP contribution in [0.15, 0.2) is 48.5 Å². The van der Waals surface area contributed by atoms with Gasteiger partial charge in [-0.3, -0.25) is 9.59 Å². The molecule has 0 bridgehead atoms. The minimum Gasteiger partial charge on any atom is -0.378 e. The van der Waals surface area contributed by atoms with Gasteiger partial charge >= 0.3 is 6.18 Å². The maximum absolute atomic E-state index is 12.8. The summed E-state index contributed by atoms with van der Waals surface area (Å²) in [6.45, 7) is 1.38. The minimum atomic E-state index is -4.53. The molecule has 2 aromatic rings. The molecule has 9 heteroatoms. The third-order valence-corrected chi connectivity index (χ3v) is 4.08. The number of carbonyl (C=O) groups is 2. The van der Waals surface area contributed by atoms with Crippen LogP contribution in [0.5, 0.6) is 0 Å². The molecule has 2 amide bonds. The van der Waals surface area contributed by atoms with Crippen molar-refractivity contribution in [3.63, 3.8) is 0 Å². The first-order valence-corrected chi connectivity index (χ1v) is 8.53. The van der Waals surface area contributed by atoms with E-state index in [1.165, 1.54) is 18.2 Å². The lowest BCUT2D eigenvalue weighted by atomic mass is 10.1. The zero-order chi connectivity index (χ0) is 20.1. The normalized spacial score (nSPS) is 17.0. The van der Waals surface area contributed by atoms with Crippen molar-refractivity contribution in [2.75, 3.05) is 30.4 Å². The fraction of sp³-hybridized carbons (Fsp3) is 0.263. The van der Waals surface area contributed by atoms with Crippen LogP contribution in [0.25, 0.3) is 0 Å². The number of hydrogen-bond acceptors (Lipinski definition) is 4. The van der Waals surface area contributed by atoms with E-state index in [2.05, 4.69) is 16.0 Å². The molecule has 0 saturated carbocycles. The first-order chi connectivity index (χ1) is 13.3. The van der Waals surface area contributed by atoms with Crippen LogP contribution in [-0.2, 0) is 15.7 Å². The summed E-state index contributed by atoms with van der Waals surface area (Å²) in [5.41, 5.74) is -0.233. The van der Waals surface area contributed by atoms with Gasteiger partial charge in [-0.1, -0.05) is 12.1 Å². The predicted molar refractivity (Wildman–Crippen MR) is 97.1 cm³/mol. The maximum Gasteiger partial charge on any atom is 0.416 e. The van der Waals surface area contributed by atoms with E-state index in [1.54, 1.807) is 18.2 Å². The Morgan fingerprint density at radius 3 is 2.43 bits per heavy atom. The van der Waals surface area contributed by atoms with Crippen LogP contribution in [-0.4, -0.2) is 37.6 Å². The Labute approximate surface area is 159 Å². The summed E-state index contributed by atoms with van der Waals surface area (Å²) in [4.78, 5) is 24.5. The number of carbonyl (C=O) groups excluding carboxylic acids is 2. The number of ether oxygens (including phenoxy) is 1. The Morgan fingerprint density at radius 2 is 1.75 bits per heavy atom. The highest BCUT2D eigenvalue weighted by Crippen LogP contribution is 2.29. The zero-order valence-electron chi connectivity index (χ0n) is 14.7. The monoisotopic (exact) mass is 393 g/mol. The second-order valence-electron chi connectivity index (χ2n) is 6.18. The van der Waals surface area contributed by atoms with E-state index in [-0.39, 0.29) is 18.1 Å². The molecule has 6 nitrogen and oxygen atoms in total. The van der Waals surface area contributed by atoms with E-state index in [1.807, 2.05) is 0 Å². The Morgan fingerprint density at radius 1 is 1.04 bits per heavy atom. The van der Waals surface area contributed by atoms with Gasteiger partial charge in [-0.05, 0) is 36.4 Å². The van der Waals surface area contributed by atoms with Crippen LogP contribution in [0.4, 0.5) is 24.5 Å². The summed E-state index contributed by atoms with van der Waals surface area (Å²) in [5.74, 6) is -0.960. The third kappa shape index (κ3) is 5.08. The van der Waals surface area contributed by atoms with Gasteiger partial charge < -0.3 is 20.7 Å². The number of anilines is 2. The minimum absolute atomic E-state index is 0.118. The summed E-state index contributed by atoms with van der Waals surface area (Å²) in [7, 11) is 0. The Balaban J connectivity index is 1.67. The van der Waals surface area contributed by atoms with Crippen molar-refractivity contribution in [2.24, 2.45) is 0 Å². The van der Waals surface area contributed by atoms with Gasteiger partial charge in [0, 0.05) is 23.5 Å². The van der Waals surface area contributed by atoms with Crippen LogP contribution >= 0.6 is 0 Å². The first-order valence-electron chi connectivity index (χ1n) is 8.53. The van der Waals surface area contributed by atoms with Crippen molar-refractivity contribution in [2.45, 2.75) is 12.2 Å². The number of rotatable bonds is 4. The SMILES string of the molecule is O=C(Nc1cccc(NC(=O)C2COCCN2)c1)c1cccc(C(F)(F)F)c1. The lowest BCUT2D eigenvalue weighted by molar-refractivity contribution is -0.137. The number of hydrogen-bond donors (Lipinski definition) is 3. The van der Waals surface area contributed by atoms with E-state index in [0.29, 0.717) is 24.5 Å². The molecule has 3 rings (SSSR count). The number of halogens is 3. The van der Waals surface area contributed by atoms with Gasteiger partial charge in [-0.25, -0.2) is 0 Å². The first kappa shape index (κ1) is 19.8. The van der Waals surface area contributed by atoms with Crippen molar-refractivity contribution in [1.29, 1.82) is 0 Å². The lowest BCUT2D eigenvalue weighted by Gasteiger charge is -2.23. The van der Waals surface area contributed by atoms with Crippen molar-refractivity contribution in [3.05, 3.63) is 59.7 Å². The fourth-order valence-electron chi connectivity index (χ4n) is 2.68. The maximum atomic E-state index is 12.8. The Kier molecular flexibility index (Phi) is 5.96. The lowest BCUT2D eigenvalue weighted by Crippen LogP contribution is -2.48. The van der Waals surface area contributed by atoms with Crippen molar-refractivity contribution < 1.29 is 27.5 Å². The molecule has 1 atom stereocenters. The van der Waals surface area contributed by atoms with Crippen molar-refractivity contribution in [1.82, 2.24) is 5.32 Å². The third-order valence-electron chi connectivity index (χ3n) is 4.08.